The van der Waals surface area contributed by atoms with Crippen LogP contribution in [0.3, 0.4) is 0 Å². The molecule has 5 heteroatoms. The standard InChI is InChI=1S/C11H12BrCl2NS/c12-8-3-4-9(11(14)10(8)13)15-7-2-1-5-16-6-7/h3-4,7,15H,1-2,5-6H2. The maximum Gasteiger partial charge on any atom is 0.0835 e. The molecular formula is C11H12BrCl2NS. The van der Waals surface area contributed by atoms with Crippen molar-refractivity contribution in [3.05, 3.63) is 26.7 Å². The van der Waals surface area contributed by atoms with E-state index in [9.17, 15) is 0 Å². The van der Waals surface area contributed by atoms with E-state index in [-0.39, 0.29) is 0 Å². The maximum absolute atomic E-state index is 6.19. The maximum atomic E-state index is 6.19. The molecule has 1 unspecified atom stereocenters. The molecule has 1 aromatic rings. The summed E-state index contributed by atoms with van der Waals surface area (Å²) >= 11 is 17.6. The molecule has 0 bridgehead atoms. The molecule has 1 aromatic carbocycles. The molecule has 0 spiro atoms. The van der Waals surface area contributed by atoms with Crippen LogP contribution in [-0.2, 0) is 0 Å². The topological polar surface area (TPSA) is 12.0 Å². The van der Waals surface area contributed by atoms with Crippen molar-refractivity contribution in [2.24, 2.45) is 0 Å². The number of anilines is 1. The summed E-state index contributed by atoms with van der Waals surface area (Å²) in [5, 5.41) is 4.64. The zero-order chi connectivity index (χ0) is 11.5. The number of thioether (sulfide) groups is 1. The summed E-state index contributed by atoms with van der Waals surface area (Å²) in [5.74, 6) is 2.41. The molecule has 1 nitrogen and oxygen atoms in total. The smallest absolute Gasteiger partial charge is 0.0835 e. The fourth-order valence-corrected chi connectivity index (χ4v) is 3.61. The van der Waals surface area contributed by atoms with Crippen LogP contribution in [-0.4, -0.2) is 17.5 Å². The predicted octanol–water partition coefficient (Wildman–Crippen LogP) is 5.06. The second kappa shape index (κ2) is 5.85. The minimum atomic E-state index is 0.508. The van der Waals surface area contributed by atoms with Crippen molar-refractivity contribution >= 4 is 56.6 Å². The number of benzene rings is 1. The van der Waals surface area contributed by atoms with Gasteiger partial charge in [0, 0.05) is 16.3 Å². The number of nitrogens with one attached hydrogen (secondary N) is 1. The number of hydrogen-bond acceptors (Lipinski definition) is 2. The summed E-state index contributed by atoms with van der Waals surface area (Å²) in [5.41, 5.74) is 0.933. The summed E-state index contributed by atoms with van der Waals surface area (Å²) in [7, 11) is 0. The van der Waals surface area contributed by atoms with Crippen LogP contribution in [0.15, 0.2) is 16.6 Å². The van der Waals surface area contributed by atoms with Crippen LogP contribution in [0.2, 0.25) is 10.0 Å². The molecule has 1 fully saturated rings. The van der Waals surface area contributed by atoms with Gasteiger partial charge in [0.2, 0.25) is 0 Å². The zero-order valence-electron chi connectivity index (χ0n) is 8.60. The molecule has 1 saturated heterocycles. The largest absolute Gasteiger partial charge is 0.380 e. The van der Waals surface area contributed by atoms with Gasteiger partial charge < -0.3 is 5.32 Å². The number of rotatable bonds is 2. The minimum Gasteiger partial charge on any atom is -0.380 e. The molecule has 1 heterocycles. The SMILES string of the molecule is Clc1c(Br)ccc(NC2CCCSC2)c1Cl. The van der Waals surface area contributed by atoms with Crippen LogP contribution in [0.5, 0.6) is 0 Å². The van der Waals surface area contributed by atoms with Crippen LogP contribution in [0.1, 0.15) is 12.8 Å². The Morgan fingerprint density at radius 3 is 2.81 bits per heavy atom. The molecular weight excluding hydrogens is 329 g/mol. The number of halogens is 3. The Balaban J connectivity index is 2.11. The summed E-state index contributed by atoms with van der Waals surface area (Å²) in [6.45, 7) is 0. The van der Waals surface area contributed by atoms with Crippen molar-refractivity contribution < 1.29 is 0 Å². The average Bonchev–Trinajstić information content (AvgIpc) is 2.31. The Kier molecular flexibility index (Phi) is 4.71. The van der Waals surface area contributed by atoms with Gasteiger partial charge in [0.05, 0.1) is 15.7 Å². The lowest BCUT2D eigenvalue weighted by molar-refractivity contribution is 0.685. The van der Waals surface area contributed by atoms with Crippen LogP contribution < -0.4 is 5.32 Å². The van der Waals surface area contributed by atoms with Gasteiger partial charge in [-0.25, -0.2) is 0 Å². The van der Waals surface area contributed by atoms with E-state index in [0.29, 0.717) is 16.1 Å². The van der Waals surface area contributed by atoms with Gasteiger partial charge in [0.25, 0.3) is 0 Å². The quantitative estimate of drug-likeness (QED) is 0.755. The van der Waals surface area contributed by atoms with E-state index in [1.165, 1.54) is 18.6 Å². The van der Waals surface area contributed by atoms with Crippen LogP contribution in [0, 0.1) is 0 Å². The highest BCUT2D eigenvalue weighted by molar-refractivity contribution is 9.10. The first-order chi connectivity index (χ1) is 7.68. The molecule has 1 atom stereocenters. The Morgan fingerprint density at radius 1 is 1.31 bits per heavy atom. The molecule has 1 aliphatic heterocycles. The summed E-state index contributed by atoms with van der Waals surface area (Å²) in [4.78, 5) is 0. The van der Waals surface area contributed by atoms with Crippen LogP contribution >= 0.6 is 50.9 Å². The fraction of sp³-hybridized carbons (Fsp3) is 0.455. The lowest BCUT2D eigenvalue weighted by Gasteiger charge is -2.24. The monoisotopic (exact) mass is 339 g/mol. The van der Waals surface area contributed by atoms with Gasteiger partial charge in [-0.3, -0.25) is 0 Å². The van der Waals surface area contributed by atoms with Gasteiger partial charge >= 0.3 is 0 Å². The molecule has 1 N–H and O–H groups in total. The first kappa shape index (κ1) is 12.9. The highest BCUT2D eigenvalue weighted by Crippen LogP contribution is 2.36. The molecule has 88 valence electrons. The summed E-state index contributed by atoms with van der Waals surface area (Å²) in [6, 6.07) is 4.40. The van der Waals surface area contributed by atoms with Gasteiger partial charge in [0.15, 0.2) is 0 Å². The number of hydrogen-bond donors (Lipinski definition) is 1. The molecule has 0 radical (unpaired) electrons. The first-order valence-corrected chi connectivity index (χ1v) is 7.86. The van der Waals surface area contributed by atoms with Crippen molar-refractivity contribution in [2.75, 3.05) is 16.8 Å². The molecule has 2 rings (SSSR count). The Labute approximate surface area is 118 Å². The third-order valence-electron chi connectivity index (χ3n) is 2.56. The lowest BCUT2D eigenvalue weighted by Crippen LogP contribution is -2.25. The molecule has 0 aliphatic carbocycles. The molecule has 16 heavy (non-hydrogen) atoms. The van der Waals surface area contributed by atoms with Crippen molar-refractivity contribution in [1.29, 1.82) is 0 Å². The van der Waals surface area contributed by atoms with Crippen LogP contribution in [0.4, 0.5) is 5.69 Å². The minimum absolute atomic E-state index is 0.508. The van der Waals surface area contributed by atoms with Crippen molar-refractivity contribution in [1.82, 2.24) is 0 Å². The lowest BCUT2D eigenvalue weighted by atomic mass is 10.1. The van der Waals surface area contributed by atoms with Gasteiger partial charge in [-0.2, -0.15) is 11.8 Å². The fourth-order valence-electron chi connectivity index (χ4n) is 1.71. The van der Waals surface area contributed by atoms with E-state index in [1.807, 2.05) is 23.9 Å². The Hall–Kier alpha value is 0.430. The van der Waals surface area contributed by atoms with Crippen LogP contribution in [0.25, 0.3) is 0 Å². The summed E-state index contributed by atoms with van der Waals surface area (Å²) < 4.78 is 0.836. The van der Waals surface area contributed by atoms with Crippen molar-refractivity contribution in [3.63, 3.8) is 0 Å². The Bertz CT molecular complexity index is 380. The van der Waals surface area contributed by atoms with E-state index in [1.54, 1.807) is 0 Å². The molecule has 0 saturated carbocycles. The zero-order valence-corrected chi connectivity index (χ0v) is 12.5. The second-order valence-corrected chi connectivity index (χ2v) is 6.54. The van der Waals surface area contributed by atoms with Crippen molar-refractivity contribution in [3.8, 4) is 0 Å². The Morgan fingerprint density at radius 2 is 2.12 bits per heavy atom. The molecule has 0 aromatic heterocycles. The second-order valence-electron chi connectivity index (χ2n) is 3.78. The van der Waals surface area contributed by atoms with Gasteiger partial charge in [-0.05, 0) is 46.7 Å². The highest BCUT2D eigenvalue weighted by Gasteiger charge is 2.16. The third kappa shape index (κ3) is 3.00. The molecule has 1 aliphatic rings. The average molecular weight is 341 g/mol. The van der Waals surface area contributed by atoms with E-state index in [0.717, 1.165) is 15.9 Å². The predicted molar refractivity (Wildman–Crippen MR) is 78.1 cm³/mol. The van der Waals surface area contributed by atoms with Gasteiger partial charge in [0.1, 0.15) is 0 Å². The first-order valence-electron chi connectivity index (χ1n) is 5.16. The van der Waals surface area contributed by atoms with E-state index in [2.05, 4.69) is 21.2 Å². The van der Waals surface area contributed by atoms with Gasteiger partial charge in [-0.15, -0.1) is 0 Å². The highest BCUT2D eigenvalue weighted by atomic mass is 79.9. The van der Waals surface area contributed by atoms with Crippen molar-refractivity contribution in [2.45, 2.75) is 18.9 Å². The molecule has 0 amide bonds. The normalized spacial score (nSPS) is 20.8. The van der Waals surface area contributed by atoms with E-state index < -0.39 is 0 Å². The van der Waals surface area contributed by atoms with E-state index >= 15 is 0 Å². The third-order valence-corrected chi connectivity index (χ3v) is 5.54. The summed E-state index contributed by atoms with van der Waals surface area (Å²) in [6.07, 6.45) is 2.47. The van der Waals surface area contributed by atoms with E-state index in [4.69, 9.17) is 23.2 Å². The van der Waals surface area contributed by atoms with Gasteiger partial charge in [-0.1, -0.05) is 23.2 Å².